The molecule has 0 aliphatic heterocycles. The van der Waals surface area contributed by atoms with E-state index in [4.69, 9.17) is 5.11 Å². The Hall–Kier alpha value is -1.57. The van der Waals surface area contributed by atoms with Gasteiger partial charge in [0.15, 0.2) is 5.16 Å². The number of rotatable bonds is 7. The molecule has 1 aromatic rings. The van der Waals surface area contributed by atoms with Crippen molar-refractivity contribution >= 4 is 23.6 Å². The molecule has 112 valence electrons. The summed E-state index contributed by atoms with van der Waals surface area (Å²) in [5.41, 5.74) is 0. The Bertz CT molecular complexity index is 487. The van der Waals surface area contributed by atoms with Crippen LogP contribution in [-0.2, 0) is 16.0 Å². The van der Waals surface area contributed by atoms with Crippen LogP contribution in [0.15, 0.2) is 5.16 Å². The van der Waals surface area contributed by atoms with Gasteiger partial charge in [-0.3, -0.25) is 14.2 Å². The molecule has 1 unspecified atom stereocenters. The lowest BCUT2D eigenvalue weighted by atomic mass is 10.2. The number of aliphatic carboxylic acids is 1. The van der Waals surface area contributed by atoms with Gasteiger partial charge < -0.3 is 10.4 Å². The van der Waals surface area contributed by atoms with Crippen molar-refractivity contribution in [2.45, 2.75) is 51.4 Å². The highest BCUT2D eigenvalue weighted by molar-refractivity contribution is 7.99. The molecule has 0 radical (unpaired) electrons. The number of carboxylic acids is 1. The molecular weight excluding hydrogens is 280 g/mol. The van der Waals surface area contributed by atoms with E-state index in [1.54, 1.807) is 11.5 Å². The lowest BCUT2D eigenvalue weighted by Gasteiger charge is -2.18. The van der Waals surface area contributed by atoms with E-state index in [-0.39, 0.29) is 17.7 Å². The molecule has 0 fully saturated rings. The fourth-order valence-electron chi connectivity index (χ4n) is 1.68. The van der Waals surface area contributed by atoms with Crippen LogP contribution in [0.3, 0.4) is 0 Å². The van der Waals surface area contributed by atoms with Crippen LogP contribution in [0.25, 0.3) is 0 Å². The van der Waals surface area contributed by atoms with Crippen LogP contribution in [0.4, 0.5) is 0 Å². The maximum absolute atomic E-state index is 12.1. The number of nitrogens with zero attached hydrogens (tertiary/aromatic N) is 3. The molecule has 7 nitrogen and oxygen atoms in total. The summed E-state index contributed by atoms with van der Waals surface area (Å²) in [6, 6.07) is -0.430. The fraction of sp³-hybridized carbons (Fsp3) is 0.667. The standard InChI is InChI=1S/C12H20N4O3S/c1-5-9-14-15-12(20-6-10(17)18)16(9)8(4)11(19)13-7(2)3/h7-8H,5-6H2,1-4H3,(H,13,19)(H,17,18). The summed E-state index contributed by atoms with van der Waals surface area (Å²) >= 11 is 1.07. The SMILES string of the molecule is CCc1nnc(SCC(=O)O)n1C(C)C(=O)NC(C)C. The minimum Gasteiger partial charge on any atom is -0.481 e. The van der Waals surface area contributed by atoms with Gasteiger partial charge in [-0.2, -0.15) is 0 Å². The van der Waals surface area contributed by atoms with E-state index in [2.05, 4.69) is 15.5 Å². The van der Waals surface area contributed by atoms with Gasteiger partial charge in [0.2, 0.25) is 5.91 Å². The highest BCUT2D eigenvalue weighted by atomic mass is 32.2. The summed E-state index contributed by atoms with van der Waals surface area (Å²) in [7, 11) is 0. The molecular formula is C12H20N4O3S. The molecule has 1 heterocycles. The highest BCUT2D eigenvalue weighted by Crippen LogP contribution is 2.22. The van der Waals surface area contributed by atoms with Crippen LogP contribution >= 0.6 is 11.8 Å². The lowest BCUT2D eigenvalue weighted by molar-refractivity contribution is -0.134. The molecule has 0 aromatic carbocycles. The molecule has 0 bridgehead atoms. The smallest absolute Gasteiger partial charge is 0.313 e. The van der Waals surface area contributed by atoms with Crippen molar-refractivity contribution in [3.63, 3.8) is 0 Å². The van der Waals surface area contributed by atoms with Crippen LogP contribution in [-0.4, -0.2) is 43.5 Å². The maximum Gasteiger partial charge on any atom is 0.313 e. The molecule has 1 aromatic heterocycles. The molecule has 1 rings (SSSR count). The van der Waals surface area contributed by atoms with Gasteiger partial charge in [-0.25, -0.2) is 0 Å². The minimum absolute atomic E-state index is 0.0432. The first-order valence-corrected chi connectivity index (χ1v) is 7.44. The van der Waals surface area contributed by atoms with E-state index >= 15 is 0 Å². The number of aryl methyl sites for hydroxylation is 1. The van der Waals surface area contributed by atoms with Gasteiger partial charge in [0.05, 0.1) is 5.75 Å². The van der Waals surface area contributed by atoms with Crippen molar-refractivity contribution in [1.29, 1.82) is 0 Å². The summed E-state index contributed by atoms with van der Waals surface area (Å²) in [4.78, 5) is 22.7. The number of hydrogen-bond donors (Lipinski definition) is 2. The van der Waals surface area contributed by atoms with Crippen molar-refractivity contribution in [2.75, 3.05) is 5.75 Å². The number of amides is 1. The summed E-state index contributed by atoms with van der Waals surface area (Å²) in [6.07, 6.45) is 0.625. The van der Waals surface area contributed by atoms with Crippen molar-refractivity contribution in [3.05, 3.63) is 5.82 Å². The average Bonchev–Trinajstić information content (AvgIpc) is 2.77. The van der Waals surface area contributed by atoms with Crippen LogP contribution in [0.1, 0.15) is 39.6 Å². The average molecular weight is 300 g/mol. The Morgan fingerprint density at radius 1 is 1.35 bits per heavy atom. The van der Waals surface area contributed by atoms with Crippen molar-refractivity contribution in [3.8, 4) is 0 Å². The Kier molecular flexibility index (Phi) is 6.00. The van der Waals surface area contributed by atoms with E-state index in [0.29, 0.717) is 17.4 Å². The molecule has 2 N–H and O–H groups in total. The monoisotopic (exact) mass is 300 g/mol. The van der Waals surface area contributed by atoms with E-state index in [1.165, 1.54) is 0 Å². The highest BCUT2D eigenvalue weighted by Gasteiger charge is 2.23. The Balaban J connectivity index is 2.97. The van der Waals surface area contributed by atoms with Crippen LogP contribution in [0.5, 0.6) is 0 Å². The van der Waals surface area contributed by atoms with Crippen molar-refractivity contribution in [1.82, 2.24) is 20.1 Å². The Labute approximate surface area is 122 Å². The number of carbonyl (C=O) groups is 2. The molecule has 0 saturated heterocycles. The normalized spacial score (nSPS) is 12.4. The summed E-state index contributed by atoms with van der Waals surface area (Å²) in [6.45, 7) is 7.44. The summed E-state index contributed by atoms with van der Waals surface area (Å²) in [5, 5.41) is 20.0. The van der Waals surface area contributed by atoms with Crippen molar-refractivity contribution in [2.24, 2.45) is 0 Å². The minimum atomic E-state index is -0.929. The maximum atomic E-state index is 12.1. The molecule has 0 saturated carbocycles. The van der Waals surface area contributed by atoms with Crippen LogP contribution in [0, 0.1) is 0 Å². The van der Waals surface area contributed by atoms with E-state index in [9.17, 15) is 9.59 Å². The van der Waals surface area contributed by atoms with Gasteiger partial charge in [-0.15, -0.1) is 10.2 Å². The third kappa shape index (κ3) is 4.22. The van der Waals surface area contributed by atoms with Gasteiger partial charge in [0.25, 0.3) is 0 Å². The van der Waals surface area contributed by atoms with Gasteiger partial charge in [-0.1, -0.05) is 18.7 Å². The number of carboxylic acid groups (broad SMARTS) is 1. The molecule has 0 spiro atoms. The fourth-order valence-corrected chi connectivity index (χ4v) is 2.44. The first-order chi connectivity index (χ1) is 9.36. The summed E-state index contributed by atoms with van der Waals surface area (Å²) < 4.78 is 1.70. The molecule has 1 atom stereocenters. The zero-order valence-electron chi connectivity index (χ0n) is 12.1. The van der Waals surface area contributed by atoms with Crippen LogP contribution in [0.2, 0.25) is 0 Å². The largest absolute Gasteiger partial charge is 0.481 e. The van der Waals surface area contributed by atoms with Gasteiger partial charge in [0, 0.05) is 12.5 Å². The number of carbonyl (C=O) groups excluding carboxylic acids is 1. The second-order valence-corrected chi connectivity index (χ2v) is 5.59. The molecule has 20 heavy (non-hydrogen) atoms. The Morgan fingerprint density at radius 3 is 2.50 bits per heavy atom. The number of aromatic nitrogens is 3. The van der Waals surface area contributed by atoms with Crippen LogP contribution < -0.4 is 5.32 Å². The number of thioether (sulfide) groups is 1. The van der Waals surface area contributed by atoms with E-state index in [0.717, 1.165) is 11.8 Å². The second kappa shape index (κ2) is 7.28. The first kappa shape index (κ1) is 16.5. The second-order valence-electron chi connectivity index (χ2n) is 4.64. The van der Waals surface area contributed by atoms with Crippen molar-refractivity contribution < 1.29 is 14.7 Å². The third-order valence-electron chi connectivity index (χ3n) is 2.57. The first-order valence-electron chi connectivity index (χ1n) is 6.45. The number of hydrogen-bond acceptors (Lipinski definition) is 5. The topological polar surface area (TPSA) is 97.1 Å². The van der Waals surface area contributed by atoms with E-state index in [1.807, 2.05) is 20.8 Å². The molecule has 0 aliphatic carbocycles. The van der Waals surface area contributed by atoms with E-state index < -0.39 is 12.0 Å². The number of nitrogens with one attached hydrogen (secondary N) is 1. The lowest BCUT2D eigenvalue weighted by Crippen LogP contribution is -2.36. The third-order valence-corrected chi connectivity index (χ3v) is 3.50. The zero-order valence-corrected chi connectivity index (χ0v) is 12.9. The van der Waals surface area contributed by atoms with Gasteiger partial charge in [0.1, 0.15) is 11.9 Å². The van der Waals surface area contributed by atoms with Gasteiger partial charge >= 0.3 is 5.97 Å². The molecule has 0 aliphatic rings. The predicted molar refractivity (Wildman–Crippen MR) is 75.7 cm³/mol. The zero-order chi connectivity index (χ0) is 15.3. The predicted octanol–water partition coefficient (Wildman–Crippen LogP) is 1.10. The summed E-state index contributed by atoms with van der Waals surface area (Å²) in [5.74, 6) is -0.502. The molecule has 1 amide bonds. The Morgan fingerprint density at radius 2 is 2.00 bits per heavy atom. The quantitative estimate of drug-likeness (QED) is 0.732. The van der Waals surface area contributed by atoms with Gasteiger partial charge in [-0.05, 0) is 20.8 Å². The molecule has 8 heteroatoms.